The number of ether oxygens (including phenoxy) is 2. The third-order valence-electron chi connectivity index (χ3n) is 3.89. The molecular weight excluding hydrogens is 391 g/mol. The average Bonchev–Trinajstić information content (AvgIpc) is 2.53. The highest BCUT2D eigenvalue weighted by molar-refractivity contribution is 7.85. The summed E-state index contributed by atoms with van der Waals surface area (Å²) < 4.78 is 79.4. The van der Waals surface area contributed by atoms with Gasteiger partial charge < -0.3 is 9.47 Å². The van der Waals surface area contributed by atoms with E-state index in [9.17, 15) is 26.4 Å². The van der Waals surface area contributed by atoms with Gasteiger partial charge in [-0.05, 0) is 17.7 Å². The maximum Gasteiger partial charge on any atom is 0.416 e. The largest absolute Gasteiger partial charge is 0.460 e. The zero-order chi connectivity index (χ0) is 20.1. The van der Waals surface area contributed by atoms with Crippen LogP contribution in [-0.2, 0) is 37.0 Å². The monoisotopic (exact) mass is 411 g/mol. The molecule has 0 radical (unpaired) electrons. The fraction of sp³-hybridized carbons (Fsp3) is 0.562. The molecular formula is C16H20F3NO6S. The normalized spacial score (nSPS) is 17.5. The number of benzene rings is 1. The first-order chi connectivity index (χ1) is 12.5. The number of carbonyl (C=O) groups excluding carboxylic acids is 1. The summed E-state index contributed by atoms with van der Waals surface area (Å²) in [6.45, 7) is 2.06. The number of carbonyl (C=O) groups is 1. The number of hydrogen-bond acceptors (Lipinski definition) is 6. The molecule has 1 unspecified atom stereocenters. The van der Waals surface area contributed by atoms with Gasteiger partial charge in [0.05, 0.1) is 25.2 Å². The number of nitrogens with zero attached hydrogens (tertiary/aromatic N) is 1. The molecule has 0 aliphatic carbocycles. The van der Waals surface area contributed by atoms with Crippen LogP contribution >= 0.6 is 0 Å². The third-order valence-corrected chi connectivity index (χ3v) is 4.68. The van der Waals surface area contributed by atoms with Gasteiger partial charge in [0.1, 0.15) is 11.9 Å². The van der Waals surface area contributed by atoms with Crippen LogP contribution in [-0.4, -0.2) is 68.5 Å². The van der Waals surface area contributed by atoms with Gasteiger partial charge >= 0.3 is 12.1 Å². The number of rotatable bonds is 7. The molecule has 1 aromatic carbocycles. The van der Waals surface area contributed by atoms with Crippen molar-refractivity contribution in [2.45, 2.75) is 18.7 Å². The Morgan fingerprint density at radius 2 is 1.81 bits per heavy atom. The lowest BCUT2D eigenvalue weighted by Crippen LogP contribution is -2.44. The quantitative estimate of drug-likeness (QED) is 0.535. The molecule has 0 amide bonds. The van der Waals surface area contributed by atoms with Crippen LogP contribution in [0, 0.1) is 0 Å². The fourth-order valence-corrected chi connectivity index (χ4v) is 3.28. The summed E-state index contributed by atoms with van der Waals surface area (Å²) in [5.74, 6) is -1.56. The molecule has 1 saturated heterocycles. The van der Waals surface area contributed by atoms with Gasteiger partial charge in [0, 0.05) is 19.6 Å². The number of alkyl halides is 3. The Morgan fingerprint density at radius 3 is 2.33 bits per heavy atom. The second kappa shape index (κ2) is 9.00. The molecule has 11 heteroatoms. The highest BCUT2D eigenvalue weighted by Crippen LogP contribution is 2.29. The molecule has 0 spiro atoms. The van der Waals surface area contributed by atoms with Crippen LogP contribution in [0.3, 0.4) is 0 Å². The minimum Gasteiger partial charge on any atom is -0.460 e. The zero-order valence-corrected chi connectivity index (χ0v) is 15.1. The molecule has 1 atom stereocenters. The van der Waals surface area contributed by atoms with Crippen molar-refractivity contribution in [1.82, 2.24) is 4.90 Å². The first-order valence-electron chi connectivity index (χ1n) is 8.14. The van der Waals surface area contributed by atoms with E-state index in [1.54, 1.807) is 0 Å². The van der Waals surface area contributed by atoms with Crippen molar-refractivity contribution in [3.8, 4) is 0 Å². The predicted molar refractivity (Wildman–Crippen MR) is 88.7 cm³/mol. The van der Waals surface area contributed by atoms with Crippen molar-refractivity contribution in [1.29, 1.82) is 0 Å². The van der Waals surface area contributed by atoms with Crippen LogP contribution in [0.1, 0.15) is 11.1 Å². The smallest absolute Gasteiger partial charge is 0.416 e. The van der Waals surface area contributed by atoms with Gasteiger partial charge in [-0.3, -0.25) is 14.2 Å². The molecule has 1 aliphatic rings. The highest BCUT2D eigenvalue weighted by Gasteiger charge is 2.30. The van der Waals surface area contributed by atoms with Crippen LogP contribution in [0.4, 0.5) is 13.2 Å². The van der Waals surface area contributed by atoms with Crippen LogP contribution in [0.5, 0.6) is 0 Å². The Kier molecular flexibility index (Phi) is 7.20. The molecule has 0 aromatic heterocycles. The number of halogens is 3. The van der Waals surface area contributed by atoms with Gasteiger partial charge in [-0.25, -0.2) is 0 Å². The topological polar surface area (TPSA) is 93.1 Å². The van der Waals surface area contributed by atoms with Gasteiger partial charge in [0.25, 0.3) is 10.1 Å². The molecule has 152 valence electrons. The molecule has 2 rings (SSSR count). The second-order valence-electron chi connectivity index (χ2n) is 6.14. The van der Waals surface area contributed by atoms with Crippen LogP contribution in [0.15, 0.2) is 24.3 Å². The second-order valence-corrected chi connectivity index (χ2v) is 7.64. The molecule has 0 bridgehead atoms. The lowest BCUT2D eigenvalue weighted by atomic mass is 10.1. The molecule has 1 aromatic rings. The van der Waals surface area contributed by atoms with Crippen LogP contribution in [0.25, 0.3) is 0 Å². The summed E-state index contributed by atoms with van der Waals surface area (Å²) in [6.07, 6.45) is -5.89. The minimum absolute atomic E-state index is 0.0991. The first-order valence-corrected chi connectivity index (χ1v) is 9.75. The maximum absolute atomic E-state index is 12.5. The van der Waals surface area contributed by atoms with E-state index >= 15 is 0 Å². The zero-order valence-electron chi connectivity index (χ0n) is 14.3. The number of esters is 1. The van der Waals surface area contributed by atoms with E-state index < -0.39 is 39.7 Å². The summed E-state index contributed by atoms with van der Waals surface area (Å²) in [4.78, 5) is 13.9. The highest BCUT2D eigenvalue weighted by atomic mass is 32.2. The van der Waals surface area contributed by atoms with E-state index in [1.807, 2.05) is 4.90 Å². The summed E-state index contributed by atoms with van der Waals surface area (Å²) >= 11 is 0. The third kappa shape index (κ3) is 7.83. The van der Waals surface area contributed by atoms with Gasteiger partial charge in [0.15, 0.2) is 0 Å². The summed E-state index contributed by atoms with van der Waals surface area (Å²) in [7, 11) is -4.37. The van der Waals surface area contributed by atoms with Gasteiger partial charge in [-0.1, -0.05) is 12.1 Å². The molecule has 1 N–H and O–H groups in total. The average molecular weight is 411 g/mol. The van der Waals surface area contributed by atoms with Crippen molar-refractivity contribution in [3.05, 3.63) is 35.4 Å². The summed E-state index contributed by atoms with van der Waals surface area (Å²) in [6, 6.07) is 4.02. The van der Waals surface area contributed by atoms with E-state index in [2.05, 4.69) is 0 Å². The molecule has 7 nitrogen and oxygen atoms in total. The molecule has 1 aliphatic heterocycles. The molecule has 27 heavy (non-hydrogen) atoms. The van der Waals surface area contributed by atoms with Crippen molar-refractivity contribution in [3.63, 3.8) is 0 Å². The Balaban J connectivity index is 1.97. The Morgan fingerprint density at radius 1 is 1.22 bits per heavy atom. The standard InChI is InChI=1S/C16H20F3NO6S/c17-16(18,19)13-3-1-12(2-4-13)9-15(21)26-14(11-27(22,23)24)10-20-5-7-25-8-6-20/h1-4,14H,5-11H2,(H,22,23,24). The van der Waals surface area contributed by atoms with Gasteiger partial charge in [-0.15, -0.1) is 0 Å². The van der Waals surface area contributed by atoms with E-state index in [4.69, 9.17) is 14.0 Å². The Hall–Kier alpha value is -1.69. The van der Waals surface area contributed by atoms with E-state index in [-0.39, 0.29) is 13.0 Å². The van der Waals surface area contributed by atoms with Crippen molar-refractivity contribution in [2.75, 3.05) is 38.6 Å². The Bertz CT molecular complexity index is 730. The van der Waals surface area contributed by atoms with Crippen molar-refractivity contribution >= 4 is 16.1 Å². The van der Waals surface area contributed by atoms with Gasteiger partial charge in [0.2, 0.25) is 0 Å². The van der Waals surface area contributed by atoms with E-state index in [0.29, 0.717) is 31.9 Å². The van der Waals surface area contributed by atoms with Crippen LogP contribution in [0.2, 0.25) is 0 Å². The van der Waals surface area contributed by atoms with Crippen molar-refractivity contribution in [2.24, 2.45) is 0 Å². The molecule has 1 heterocycles. The van der Waals surface area contributed by atoms with Crippen LogP contribution < -0.4 is 0 Å². The summed E-state index contributed by atoms with van der Waals surface area (Å²) in [5, 5.41) is 0. The van der Waals surface area contributed by atoms with E-state index in [0.717, 1.165) is 24.3 Å². The maximum atomic E-state index is 12.5. The SMILES string of the molecule is O=C(Cc1ccc(C(F)(F)F)cc1)OC(CN1CCOCC1)CS(=O)(=O)O. The lowest BCUT2D eigenvalue weighted by molar-refractivity contribution is -0.148. The Labute approximate surface area is 154 Å². The lowest BCUT2D eigenvalue weighted by Gasteiger charge is -2.29. The van der Waals surface area contributed by atoms with Gasteiger partial charge in [-0.2, -0.15) is 21.6 Å². The first kappa shape index (κ1) is 21.6. The minimum atomic E-state index is -4.47. The number of hydrogen-bond donors (Lipinski definition) is 1. The predicted octanol–water partition coefficient (Wildman–Crippen LogP) is 1.38. The van der Waals surface area contributed by atoms with E-state index in [1.165, 1.54) is 0 Å². The number of morpholine rings is 1. The molecule has 1 fully saturated rings. The summed E-state index contributed by atoms with van der Waals surface area (Å²) in [5.41, 5.74) is -0.541. The van der Waals surface area contributed by atoms with Crippen molar-refractivity contribution < 1.29 is 40.4 Å². The molecule has 0 saturated carbocycles. The fourth-order valence-electron chi connectivity index (χ4n) is 2.64.